The van der Waals surface area contributed by atoms with E-state index in [0.717, 1.165) is 0 Å². The third-order valence-corrected chi connectivity index (χ3v) is 2.50. The van der Waals surface area contributed by atoms with Crippen molar-refractivity contribution in [1.82, 2.24) is 0 Å². The van der Waals surface area contributed by atoms with Gasteiger partial charge in [0.15, 0.2) is 0 Å². The van der Waals surface area contributed by atoms with Crippen LogP contribution in [0.2, 0.25) is 0 Å². The number of alkyl halides is 1. The van der Waals surface area contributed by atoms with Gasteiger partial charge in [0.1, 0.15) is 0 Å². The van der Waals surface area contributed by atoms with E-state index in [1.807, 2.05) is 0 Å². The van der Waals surface area contributed by atoms with Crippen LogP contribution in [0.3, 0.4) is 0 Å². The van der Waals surface area contributed by atoms with Gasteiger partial charge >= 0.3 is 0 Å². The molecule has 1 heteroatoms. The molecule has 0 N–H and O–H groups in total. The maximum Gasteiger partial charge on any atom is -0.0218 e. The molecule has 0 aliphatic rings. The zero-order chi connectivity index (χ0) is 4.28. The minimum absolute atomic E-state index is 0.657. The van der Waals surface area contributed by atoms with E-state index in [0.29, 0.717) is 0 Å². The standard InChI is InChI=1S/C4H9I/c1-4-5(2)3/h4H,2H2,1,3H3. The average molecular weight is 184 g/mol. The minimum atomic E-state index is -0.657. The monoisotopic (exact) mass is 184 g/mol. The van der Waals surface area contributed by atoms with Crippen LogP contribution in [0.15, 0.2) is 0 Å². The molecule has 0 aromatic heterocycles. The van der Waals surface area contributed by atoms with E-state index in [1.165, 1.54) is 0 Å². The minimum Gasteiger partial charge on any atom is -0.165 e. The van der Waals surface area contributed by atoms with Crippen LogP contribution in [-0.2, 0) is 0 Å². The number of halogens is 1. The lowest BCUT2D eigenvalue weighted by atomic mass is 11.0. The average Bonchev–Trinajstić information content (AvgIpc) is 1.38. The molecule has 32 valence electrons. The molecule has 0 bridgehead atoms. The van der Waals surface area contributed by atoms with E-state index in [-0.39, 0.29) is 0 Å². The van der Waals surface area contributed by atoms with Gasteiger partial charge in [-0.1, -0.05) is 8.53 Å². The lowest BCUT2D eigenvalue weighted by Crippen LogP contribution is -1.41. The smallest absolute Gasteiger partial charge is 0.0218 e. The number of hydrogen-bond donors (Lipinski definition) is 0. The van der Waals surface area contributed by atoms with Crippen LogP contribution >= 0.6 is 18.9 Å². The summed E-state index contributed by atoms with van der Waals surface area (Å²) in [5, 5.41) is 0. The first-order chi connectivity index (χ1) is 2.27. The first-order valence-electron chi connectivity index (χ1n) is 1.44. The predicted molar refractivity (Wildman–Crippen MR) is 38.8 cm³/mol. The summed E-state index contributed by atoms with van der Waals surface area (Å²) in [6.45, 7) is 2.08. The molecule has 5 heavy (non-hydrogen) atoms. The summed E-state index contributed by atoms with van der Waals surface area (Å²) >= 11 is -0.657. The SMILES string of the molecule is C=I(/C)=C\C. The normalized spacial score (nSPS) is 15.6. The van der Waals surface area contributed by atoms with Crippen molar-refractivity contribution in [2.24, 2.45) is 0 Å². The van der Waals surface area contributed by atoms with Crippen molar-refractivity contribution in [3.05, 3.63) is 0 Å². The van der Waals surface area contributed by atoms with E-state index < -0.39 is 18.9 Å². The summed E-state index contributed by atoms with van der Waals surface area (Å²) in [7, 11) is 0. The quantitative estimate of drug-likeness (QED) is 0.394. The molecule has 0 aliphatic carbocycles. The highest BCUT2D eigenvalue weighted by Crippen LogP contribution is 1.90. The van der Waals surface area contributed by atoms with Gasteiger partial charge in [-0.2, -0.15) is 18.9 Å². The van der Waals surface area contributed by atoms with Crippen molar-refractivity contribution in [2.75, 3.05) is 4.93 Å². The highest BCUT2D eigenvalue weighted by Gasteiger charge is 1.45. The first kappa shape index (κ1) is 5.47. The topological polar surface area (TPSA) is 0 Å². The van der Waals surface area contributed by atoms with E-state index >= 15 is 0 Å². The Morgan fingerprint density at radius 3 is 2.00 bits per heavy atom. The maximum atomic E-state index is 3.86. The van der Waals surface area contributed by atoms with Crippen molar-refractivity contribution < 1.29 is 0 Å². The second-order valence-electron chi connectivity index (χ2n) is 0.858. The van der Waals surface area contributed by atoms with Crippen LogP contribution in [0.25, 0.3) is 0 Å². The molecule has 0 radical (unpaired) electrons. The fourth-order valence-corrected chi connectivity index (χ4v) is 0. The van der Waals surface area contributed by atoms with Crippen molar-refractivity contribution in [3.63, 3.8) is 0 Å². The number of rotatable bonds is 0. The van der Waals surface area contributed by atoms with E-state index in [2.05, 4.69) is 20.4 Å². The van der Waals surface area contributed by atoms with Gasteiger partial charge < -0.3 is 0 Å². The maximum absolute atomic E-state index is 3.86. The Morgan fingerprint density at radius 1 is 1.80 bits per heavy atom. The van der Waals surface area contributed by atoms with Crippen LogP contribution in [0.1, 0.15) is 6.92 Å². The van der Waals surface area contributed by atoms with Crippen LogP contribution < -0.4 is 0 Å². The Labute approximate surface area is 39.6 Å². The van der Waals surface area contributed by atoms with Crippen LogP contribution in [0, 0.1) is 0 Å². The third kappa shape index (κ3) is 4.47. The van der Waals surface area contributed by atoms with E-state index in [1.54, 1.807) is 0 Å². The molecule has 0 atom stereocenters. The van der Waals surface area contributed by atoms with Gasteiger partial charge in [-0.25, -0.2) is 0 Å². The molecule has 0 heterocycles. The molecule has 0 nitrogen and oxygen atoms in total. The van der Waals surface area contributed by atoms with Gasteiger partial charge in [0.2, 0.25) is 0 Å². The molecular formula is C4H9I. The molecule has 0 saturated heterocycles. The summed E-state index contributed by atoms with van der Waals surface area (Å²) in [6, 6.07) is 0. The van der Waals surface area contributed by atoms with E-state index in [4.69, 9.17) is 0 Å². The summed E-state index contributed by atoms with van der Waals surface area (Å²) in [5.74, 6) is 0. The van der Waals surface area contributed by atoms with Gasteiger partial charge in [0.05, 0.1) is 0 Å². The zero-order valence-electron chi connectivity index (χ0n) is 3.66. The Morgan fingerprint density at radius 2 is 2.00 bits per heavy atom. The lowest BCUT2D eigenvalue weighted by Gasteiger charge is -1.63. The van der Waals surface area contributed by atoms with Crippen molar-refractivity contribution >= 4 is 27.4 Å². The third-order valence-electron chi connectivity index (χ3n) is 0.373. The van der Waals surface area contributed by atoms with Gasteiger partial charge in [0.25, 0.3) is 0 Å². The molecular weight excluding hydrogens is 175 g/mol. The second kappa shape index (κ2) is 2.69. The second-order valence-corrected chi connectivity index (χ2v) is 5.76. The van der Waals surface area contributed by atoms with Crippen molar-refractivity contribution in [2.45, 2.75) is 6.92 Å². The largest absolute Gasteiger partial charge is 0.165 e. The van der Waals surface area contributed by atoms with Gasteiger partial charge in [0, 0.05) is 0 Å². The Balaban J connectivity index is 3.62. The molecule has 0 aromatic carbocycles. The van der Waals surface area contributed by atoms with Crippen LogP contribution in [-0.4, -0.2) is 13.5 Å². The Bertz CT molecular complexity index is 75.6. The highest BCUT2D eigenvalue weighted by molar-refractivity contribution is 14.2. The van der Waals surface area contributed by atoms with Gasteiger partial charge in [-0.3, -0.25) is 0 Å². The predicted octanol–water partition coefficient (Wildman–Crippen LogP) is 1.38. The lowest BCUT2D eigenvalue weighted by molar-refractivity contribution is 2.15. The zero-order valence-corrected chi connectivity index (χ0v) is 5.82. The molecule has 0 aromatic rings. The Kier molecular flexibility index (Phi) is 2.95. The van der Waals surface area contributed by atoms with Crippen molar-refractivity contribution in [3.8, 4) is 0 Å². The van der Waals surface area contributed by atoms with Gasteiger partial charge in [-0.15, -0.1) is 0 Å². The molecule has 0 rings (SSSR count). The fourth-order valence-electron chi connectivity index (χ4n) is 0. The summed E-state index contributed by atoms with van der Waals surface area (Å²) in [5.41, 5.74) is 0. The molecule has 0 fully saturated rings. The molecule has 0 saturated carbocycles. The first-order valence-corrected chi connectivity index (χ1v) is 6.37. The van der Waals surface area contributed by atoms with E-state index in [9.17, 15) is 0 Å². The molecule has 0 amide bonds. The summed E-state index contributed by atoms with van der Waals surface area (Å²) < 4.78 is 6.07. The van der Waals surface area contributed by atoms with Crippen molar-refractivity contribution in [1.29, 1.82) is 0 Å². The molecule has 0 unspecified atom stereocenters. The van der Waals surface area contributed by atoms with Crippen LogP contribution in [0.4, 0.5) is 0 Å². The summed E-state index contributed by atoms with van der Waals surface area (Å²) in [6.07, 6.45) is 0. The van der Waals surface area contributed by atoms with Gasteiger partial charge in [-0.05, 0) is 11.9 Å². The fraction of sp³-hybridized carbons (Fsp3) is 0.500. The number of hydrogen-bond acceptors (Lipinski definition) is 0. The molecule has 0 aliphatic heterocycles. The molecule has 0 spiro atoms. The highest BCUT2D eigenvalue weighted by atomic mass is 127. The summed E-state index contributed by atoms with van der Waals surface area (Å²) in [4.78, 5) is 2.21. The Hall–Kier alpha value is 0.470. The van der Waals surface area contributed by atoms with Crippen LogP contribution in [0.5, 0.6) is 0 Å².